The van der Waals surface area contributed by atoms with E-state index in [1.807, 2.05) is 30.3 Å². The number of benzene rings is 3. The summed E-state index contributed by atoms with van der Waals surface area (Å²) in [6, 6.07) is 23.2. The lowest BCUT2D eigenvalue weighted by Crippen LogP contribution is -2.10. The number of thioether (sulfide) groups is 1. The molecule has 0 atom stereocenters. The molecular weight excluding hydrogens is 382 g/mol. The van der Waals surface area contributed by atoms with E-state index in [-0.39, 0.29) is 11.1 Å². The summed E-state index contributed by atoms with van der Waals surface area (Å²) in [5, 5.41) is 11.2. The summed E-state index contributed by atoms with van der Waals surface area (Å²) in [5.74, 6) is 1.31. The average molecular weight is 408 g/mol. The van der Waals surface area contributed by atoms with Crippen molar-refractivity contribution in [3.63, 3.8) is 0 Å². The van der Waals surface area contributed by atoms with E-state index in [1.165, 1.54) is 23.3 Å². The third-order valence-electron chi connectivity index (χ3n) is 4.59. The van der Waals surface area contributed by atoms with Crippen molar-refractivity contribution in [1.82, 2.24) is 0 Å². The molecule has 0 bridgehead atoms. The van der Waals surface area contributed by atoms with E-state index in [4.69, 9.17) is 4.74 Å². The largest absolute Gasteiger partial charge is 0.487 e. The van der Waals surface area contributed by atoms with E-state index >= 15 is 0 Å². The van der Waals surface area contributed by atoms with E-state index in [1.54, 1.807) is 17.8 Å². The molecule has 0 saturated carbocycles. The Kier molecular flexibility index (Phi) is 6.60. The zero-order valence-corrected chi connectivity index (χ0v) is 17.7. The summed E-state index contributed by atoms with van der Waals surface area (Å²) in [7, 11) is 0. The third kappa shape index (κ3) is 5.84. The first-order chi connectivity index (χ1) is 13.8. The first-order valence-electron chi connectivity index (χ1n) is 9.50. The Balaban J connectivity index is 1.74. The van der Waals surface area contributed by atoms with Crippen LogP contribution in [0, 0.1) is 10.1 Å². The third-order valence-corrected chi connectivity index (χ3v) is 5.72. The molecule has 0 N–H and O–H groups in total. The summed E-state index contributed by atoms with van der Waals surface area (Å²) >= 11 is 1.62. The highest BCUT2D eigenvalue weighted by atomic mass is 32.2. The van der Waals surface area contributed by atoms with Gasteiger partial charge in [0.2, 0.25) is 0 Å². The van der Waals surface area contributed by atoms with Crippen molar-refractivity contribution in [3.8, 4) is 5.75 Å². The van der Waals surface area contributed by atoms with Crippen molar-refractivity contribution < 1.29 is 9.66 Å². The number of non-ortho nitro benzene ring substituents is 1. The molecule has 0 amide bonds. The minimum Gasteiger partial charge on any atom is -0.487 e. The molecule has 150 valence electrons. The molecule has 0 fully saturated rings. The van der Waals surface area contributed by atoms with Crippen molar-refractivity contribution in [1.29, 1.82) is 0 Å². The van der Waals surface area contributed by atoms with Crippen LogP contribution < -0.4 is 4.74 Å². The summed E-state index contributed by atoms with van der Waals surface area (Å²) < 4.78 is 5.94. The molecule has 0 unspecified atom stereocenters. The van der Waals surface area contributed by atoms with Crippen LogP contribution in [-0.2, 0) is 17.8 Å². The van der Waals surface area contributed by atoms with Gasteiger partial charge in [0.15, 0.2) is 0 Å². The van der Waals surface area contributed by atoms with Crippen LogP contribution >= 0.6 is 11.8 Å². The second kappa shape index (κ2) is 9.14. The standard InChI is InChI=1S/C24H25NO3S/c1-24(2,3)20-11-9-19(10-12-20)17-29-23-14-13-21(25(26)27)15-22(23)28-16-18-7-5-4-6-8-18/h4-15H,16-17H2,1-3H3. The number of nitro benzene ring substituents is 1. The minimum absolute atomic E-state index is 0.0342. The van der Waals surface area contributed by atoms with Gasteiger partial charge in [0.25, 0.3) is 5.69 Å². The molecule has 0 aromatic heterocycles. The Hall–Kier alpha value is -2.79. The summed E-state index contributed by atoms with van der Waals surface area (Å²) in [6.45, 7) is 6.97. The van der Waals surface area contributed by atoms with E-state index < -0.39 is 4.92 Å². The van der Waals surface area contributed by atoms with Gasteiger partial charge in [-0.25, -0.2) is 0 Å². The second-order valence-corrected chi connectivity index (χ2v) is 8.92. The maximum Gasteiger partial charge on any atom is 0.273 e. The maximum absolute atomic E-state index is 11.2. The number of hydrogen-bond acceptors (Lipinski definition) is 4. The van der Waals surface area contributed by atoms with E-state index in [0.29, 0.717) is 12.4 Å². The quantitative estimate of drug-likeness (QED) is 0.246. The average Bonchev–Trinajstić information content (AvgIpc) is 2.71. The fourth-order valence-electron chi connectivity index (χ4n) is 2.84. The lowest BCUT2D eigenvalue weighted by molar-refractivity contribution is -0.385. The van der Waals surface area contributed by atoms with Crippen LogP contribution in [0.1, 0.15) is 37.5 Å². The second-order valence-electron chi connectivity index (χ2n) is 7.90. The van der Waals surface area contributed by atoms with Gasteiger partial charge >= 0.3 is 0 Å². The Bertz CT molecular complexity index is 964. The van der Waals surface area contributed by atoms with Gasteiger partial charge in [-0.1, -0.05) is 75.4 Å². The molecule has 0 aliphatic heterocycles. The van der Waals surface area contributed by atoms with Crippen molar-refractivity contribution >= 4 is 17.4 Å². The highest BCUT2D eigenvalue weighted by Crippen LogP contribution is 2.35. The van der Waals surface area contributed by atoms with Crippen LogP contribution in [-0.4, -0.2) is 4.92 Å². The maximum atomic E-state index is 11.2. The minimum atomic E-state index is -0.394. The molecular formula is C24H25NO3S. The van der Waals surface area contributed by atoms with Gasteiger partial charge in [0.05, 0.1) is 15.9 Å². The highest BCUT2D eigenvalue weighted by Gasteiger charge is 2.15. The number of ether oxygens (including phenoxy) is 1. The van der Waals surface area contributed by atoms with Crippen LogP contribution in [0.2, 0.25) is 0 Å². The molecule has 0 heterocycles. The number of rotatable bonds is 7. The summed E-state index contributed by atoms with van der Waals surface area (Å²) in [6.07, 6.45) is 0. The van der Waals surface area contributed by atoms with Gasteiger partial charge in [-0.2, -0.15) is 0 Å². The topological polar surface area (TPSA) is 52.4 Å². The normalized spacial score (nSPS) is 11.3. The zero-order valence-electron chi connectivity index (χ0n) is 16.9. The Morgan fingerprint density at radius 1 is 0.931 bits per heavy atom. The predicted octanol–water partition coefficient (Wildman–Crippen LogP) is 6.76. The predicted molar refractivity (Wildman–Crippen MR) is 119 cm³/mol. The van der Waals surface area contributed by atoms with Crippen LogP contribution in [0.5, 0.6) is 5.75 Å². The zero-order chi connectivity index (χ0) is 20.9. The summed E-state index contributed by atoms with van der Waals surface area (Å²) in [4.78, 5) is 11.7. The van der Waals surface area contributed by atoms with Crippen LogP contribution in [0.25, 0.3) is 0 Å². The van der Waals surface area contributed by atoms with Crippen molar-refractivity contribution in [3.05, 3.63) is 99.6 Å². The number of nitro groups is 1. The SMILES string of the molecule is CC(C)(C)c1ccc(CSc2ccc([N+](=O)[O-])cc2OCc2ccccc2)cc1. The van der Waals surface area contributed by atoms with Crippen LogP contribution in [0.4, 0.5) is 5.69 Å². The number of nitrogens with zero attached hydrogens (tertiary/aromatic N) is 1. The molecule has 3 aromatic rings. The Morgan fingerprint density at radius 2 is 1.62 bits per heavy atom. The van der Waals surface area contributed by atoms with Crippen molar-refractivity contribution in [2.45, 2.75) is 43.4 Å². The lowest BCUT2D eigenvalue weighted by atomic mass is 9.87. The monoisotopic (exact) mass is 407 g/mol. The molecule has 0 radical (unpaired) electrons. The van der Waals surface area contributed by atoms with Gasteiger partial charge < -0.3 is 4.74 Å². The van der Waals surface area contributed by atoms with Gasteiger partial charge in [-0.05, 0) is 28.2 Å². The first-order valence-corrected chi connectivity index (χ1v) is 10.5. The number of hydrogen-bond donors (Lipinski definition) is 0. The Morgan fingerprint density at radius 3 is 2.24 bits per heavy atom. The molecule has 0 aliphatic carbocycles. The van der Waals surface area contributed by atoms with E-state index in [2.05, 4.69) is 45.0 Å². The summed E-state index contributed by atoms with van der Waals surface area (Å²) in [5.41, 5.74) is 3.69. The van der Waals surface area contributed by atoms with E-state index in [0.717, 1.165) is 16.2 Å². The van der Waals surface area contributed by atoms with Crippen molar-refractivity contribution in [2.24, 2.45) is 0 Å². The van der Waals surface area contributed by atoms with Gasteiger partial charge in [-0.3, -0.25) is 10.1 Å². The van der Waals surface area contributed by atoms with Crippen molar-refractivity contribution in [2.75, 3.05) is 0 Å². The van der Waals surface area contributed by atoms with E-state index in [9.17, 15) is 10.1 Å². The molecule has 5 heteroatoms. The van der Waals surface area contributed by atoms with Gasteiger partial charge in [-0.15, -0.1) is 11.8 Å². The smallest absolute Gasteiger partial charge is 0.273 e. The molecule has 29 heavy (non-hydrogen) atoms. The molecule has 4 nitrogen and oxygen atoms in total. The van der Waals surface area contributed by atoms with Crippen LogP contribution in [0.3, 0.4) is 0 Å². The fourth-order valence-corrected chi connectivity index (χ4v) is 3.78. The molecule has 3 aromatic carbocycles. The molecule has 3 rings (SSSR count). The molecule has 0 saturated heterocycles. The van der Waals surface area contributed by atoms with Gasteiger partial charge in [0, 0.05) is 11.8 Å². The molecule has 0 aliphatic rings. The van der Waals surface area contributed by atoms with Crippen LogP contribution in [0.15, 0.2) is 77.7 Å². The van der Waals surface area contributed by atoms with Gasteiger partial charge in [0.1, 0.15) is 12.4 Å². The fraction of sp³-hybridized carbons (Fsp3) is 0.250. The first kappa shape index (κ1) is 20.9. The highest BCUT2D eigenvalue weighted by molar-refractivity contribution is 7.98. The Labute approximate surface area is 176 Å². The molecule has 0 spiro atoms. The lowest BCUT2D eigenvalue weighted by Gasteiger charge is -2.19.